The zero-order valence-corrected chi connectivity index (χ0v) is 13.0. The zero-order chi connectivity index (χ0) is 17.1. The van der Waals surface area contributed by atoms with Crippen molar-refractivity contribution in [1.29, 1.82) is 0 Å². The van der Waals surface area contributed by atoms with E-state index in [0.29, 0.717) is 23.4 Å². The number of anilines is 1. The van der Waals surface area contributed by atoms with E-state index in [1.54, 1.807) is 54.6 Å². The number of nitrogens with one attached hydrogen (secondary N) is 1. The van der Waals surface area contributed by atoms with Crippen LogP contribution in [-0.2, 0) is 11.2 Å². The third-order valence-electron chi connectivity index (χ3n) is 3.80. The van der Waals surface area contributed by atoms with Gasteiger partial charge in [-0.3, -0.25) is 14.4 Å². The van der Waals surface area contributed by atoms with Gasteiger partial charge in [0.2, 0.25) is 5.91 Å². The molecule has 1 N–H and O–H groups in total. The first kappa shape index (κ1) is 15.7. The number of amides is 3. The van der Waals surface area contributed by atoms with E-state index in [0.717, 1.165) is 10.5 Å². The van der Waals surface area contributed by atoms with Crippen molar-refractivity contribution in [1.82, 2.24) is 5.32 Å². The average Bonchev–Trinajstić information content (AvgIpc) is 2.85. The van der Waals surface area contributed by atoms with Gasteiger partial charge in [-0.1, -0.05) is 30.3 Å². The molecule has 0 aromatic heterocycles. The number of imide groups is 1. The fourth-order valence-corrected chi connectivity index (χ4v) is 2.62. The number of rotatable bonds is 5. The molecule has 3 amide bonds. The fraction of sp³-hybridized carbons (Fsp3) is 0.105. The highest BCUT2D eigenvalue weighted by Gasteiger charge is 2.36. The van der Waals surface area contributed by atoms with Gasteiger partial charge in [-0.15, -0.1) is 6.58 Å². The second-order valence-electron chi connectivity index (χ2n) is 5.43. The Morgan fingerprint density at radius 1 is 1.00 bits per heavy atom. The first-order valence-corrected chi connectivity index (χ1v) is 7.56. The second kappa shape index (κ2) is 6.50. The van der Waals surface area contributed by atoms with Gasteiger partial charge in [0.15, 0.2) is 0 Å². The number of hydrogen-bond acceptors (Lipinski definition) is 3. The van der Waals surface area contributed by atoms with E-state index in [1.165, 1.54) is 0 Å². The van der Waals surface area contributed by atoms with E-state index >= 15 is 0 Å². The maximum absolute atomic E-state index is 12.4. The monoisotopic (exact) mass is 320 g/mol. The lowest BCUT2D eigenvalue weighted by Crippen LogP contribution is -2.29. The predicted octanol–water partition coefficient (Wildman–Crippen LogP) is 2.33. The van der Waals surface area contributed by atoms with Gasteiger partial charge in [-0.25, -0.2) is 4.90 Å². The molecule has 0 aliphatic carbocycles. The third kappa shape index (κ3) is 2.84. The lowest BCUT2D eigenvalue weighted by molar-refractivity contribution is -0.120. The summed E-state index contributed by atoms with van der Waals surface area (Å²) in [6.45, 7) is 3.97. The van der Waals surface area contributed by atoms with Gasteiger partial charge in [-0.2, -0.15) is 0 Å². The molecule has 120 valence electrons. The number of fused-ring (bicyclic) bond motifs is 1. The van der Waals surface area contributed by atoms with Gasteiger partial charge in [-0.05, 0) is 29.8 Å². The normalized spacial score (nSPS) is 12.9. The average molecular weight is 320 g/mol. The van der Waals surface area contributed by atoms with Crippen molar-refractivity contribution in [3.05, 3.63) is 77.9 Å². The minimum atomic E-state index is -0.327. The van der Waals surface area contributed by atoms with E-state index in [4.69, 9.17) is 0 Å². The maximum atomic E-state index is 12.4. The van der Waals surface area contributed by atoms with Crippen LogP contribution in [0.5, 0.6) is 0 Å². The van der Waals surface area contributed by atoms with Gasteiger partial charge < -0.3 is 5.32 Å². The van der Waals surface area contributed by atoms with Crippen LogP contribution in [-0.4, -0.2) is 24.3 Å². The Bertz CT molecular complexity index is 790. The molecule has 0 saturated heterocycles. The lowest BCUT2D eigenvalue weighted by atomic mass is 10.1. The number of carbonyl (C=O) groups excluding carboxylic acids is 3. The summed E-state index contributed by atoms with van der Waals surface area (Å²) in [7, 11) is 0. The molecular formula is C19H16N2O3. The van der Waals surface area contributed by atoms with Gasteiger partial charge in [0.05, 0.1) is 23.2 Å². The van der Waals surface area contributed by atoms with Crippen LogP contribution in [0.3, 0.4) is 0 Å². The summed E-state index contributed by atoms with van der Waals surface area (Å²) in [5, 5.41) is 2.70. The van der Waals surface area contributed by atoms with Crippen molar-refractivity contribution >= 4 is 23.4 Å². The van der Waals surface area contributed by atoms with Crippen molar-refractivity contribution in [3.8, 4) is 0 Å². The van der Waals surface area contributed by atoms with Gasteiger partial charge in [0, 0.05) is 6.54 Å². The highest BCUT2D eigenvalue weighted by Crippen LogP contribution is 2.28. The minimum absolute atomic E-state index is 0.108. The molecular weight excluding hydrogens is 304 g/mol. The molecule has 0 fully saturated rings. The summed E-state index contributed by atoms with van der Waals surface area (Å²) in [4.78, 5) is 37.7. The Morgan fingerprint density at radius 2 is 1.58 bits per heavy atom. The molecule has 1 heterocycles. The van der Waals surface area contributed by atoms with Crippen molar-refractivity contribution < 1.29 is 14.4 Å². The number of carbonyl (C=O) groups is 3. The number of hydrogen-bond donors (Lipinski definition) is 1. The van der Waals surface area contributed by atoms with Crippen LogP contribution in [0.1, 0.15) is 26.3 Å². The predicted molar refractivity (Wildman–Crippen MR) is 90.9 cm³/mol. The molecule has 0 unspecified atom stereocenters. The third-order valence-corrected chi connectivity index (χ3v) is 3.80. The van der Waals surface area contributed by atoms with Crippen molar-refractivity contribution in [2.75, 3.05) is 11.4 Å². The summed E-state index contributed by atoms with van der Waals surface area (Å²) >= 11 is 0. The zero-order valence-electron chi connectivity index (χ0n) is 13.0. The highest BCUT2D eigenvalue weighted by atomic mass is 16.2. The maximum Gasteiger partial charge on any atom is 0.266 e. The van der Waals surface area contributed by atoms with E-state index in [-0.39, 0.29) is 24.1 Å². The van der Waals surface area contributed by atoms with E-state index in [2.05, 4.69) is 11.9 Å². The molecule has 5 heteroatoms. The topological polar surface area (TPSA) is 66.5 Å². The van der Waals surface area contributed by atoms with Crippen LogP contribution < -0.4 is 10.2 Å². The van der Waals surface area contributed by atoms with E-state index in [9.17, 15) is 14.4 Å². The molecule has 0 spiro atoms. The van der Waals surface area contributed by atoms with Crippen LogP contribution in [0, 0.1) is 0 Å². The Labute approximate surface area is 139 Å². The molecule has 1 aliphatic heterocycles. The number of nitrogens with zero attached hydrogens (tertiary/aromatic N) is 1. The van der Waals surface area contributed by atoms with Crippen LogP contribution >= 0.6 is 0 Å². The summed E-state index contributed by atoms with van der Waals surface area (Å²) in [6.07, 6.45) is 1.85. The largest absolute Gasteiger partial charge is 0.352 e. The molecule has 0 bridgehead atoms. The Balaban J connectivity index is 1.77. The fourth-order valence-electron chi connectivity index (χ4n) is 2.62. The molecule has 3 rings (SSSR count). The molecule has 1 aliphatic rings. The Hall–Kier alpha value is -3.21. The summed E-state index contributed by atoms with van der Waals surface area (Å²) in [6, 6.07) is 13.6. The van der Waals surface area contributed by atoms with Gasteiger partial charge >= 0.3 is 0 Å². The van der Waals surface area contributed by atoms with Crippen LogP contribution in [0.25, 0.3) is 0 Å². The van der Waals surface area contributed by atoms with Crippen molar-refractivity contribution in [3.63, 3.8) is 0 Å². The Morgan fingerprint density at radius 3 is 2.12 bits per heavy atom. The molecule has 0 saturated carbocycles. The van der Waals surface area contributed by atoms with Gasteiger partial charge in [0.1, 0.15) is 0 Å². The second-order valence-corrected chi connectivity index (χ2v) is 5.43. The smallest absolute Gasteiger partial charge is 0.266 e. The highest BCUT2D eigenvalue weighted by molar-refractivity contribution is 6.34. The minimum Gasteiger partial charge on any atom is -0.352 e. The molecule has 5 nitrogen and oxygen atoms in total. The number of benzene rings is 2. The molecule has 0 radical (unpaired) electrons. The van der Waals surface area contributed by atoms with E-state index in [1.807, 2.05) is 0 Å². The van der Waals surface area contributed by atoms with Crippen molar-refractivity contribution in [2.45, 2.75) is 6.42 Å². The standard InChI is InChI=1S/C19H16N2O3/c1-2-11-20-17(22)12-13-7-9-14(10-8-13)21-18(23)15-5-3-4-6-16(15)19(21)24/h2-10H,1,11-12H2,(H,20,22). The quantitative estimate of drug-likeness (QED) is 0.679. The molecule has 24 heavy (non-hydrogen) atoms. The first-order valence-electron chi connectivity index (χ1n) is 7.56. The summed E-state index contributed by atoms with van der Waals surface area (Å²) in [5.74, 6) is -0.762. The Kier molecular flexibility index (Phi) is 4.24. The van der Waals surface area contributed by atoms with Crippen LogP contribution in [0.15, 0.2) is 61.2 Å². The van der Waals surface area contributed by atoms with Gasteiger partial charge in [0.25, 0.3) is 11.8 Å². The van der Waals surface area contributed by atoms with Crippen LogP contribution in [0.2, 0.25) is 0 Å². The van der Waals surface area contributed by atoms with Crippen molar-refractivity contribution in [2.24, 2.45) is 0 Å². The summed E-state index contributed by atoms with van der Waals surface area (Å²) < 4.78 is 0. The summed E-state index contributed by atoms with van der Waals surface area (Å²) in [5.41, 5.74) is 2.12. The SMILES string of the molecule is C=CCNC(=O)Cc1ccc(N2C(=O)c3ccccc3C2=O)cc1. The molecule has 0 atom stereocenters. The first-order chi connectivity index (χ1) is 11.6. The molecule has 2 aromatic carbocycles. The van der Waals surface area contributed by atoms with E-state index < -0.39 is 0 Å². The van der Waals surface area contributed by atoms with Crippen LogP contribution in [0.4, 0.5) is 5.69 Å². The lowest BCUT2D eigenvalue weighted by Gasteiger charge is -2.14. The molecule has 2 aromatic rings.